The van der Waals surface area contributed by atoms with Crippen molar-refractivity contribution in [2.75, 3.05) is 0 Å². The van der Waals surface area contributed by atoms with Gasteiger partial charge in [-0.2, -0.15) is 0 Å². The number of allylic oxidation sites excluding steroid dienone is 5. The largest absolute Gasteiger partial charge is 0.462 e. The van der Waals surface area contributed by atoms with Crippen molar-refractivity contribution in [2.45, 2.75) is 208 Å². The number of fused-ring (bicyclic) bond motifs is 5. The Morgan fingerprint density at radius 2 is 1.49 bits per heavy atom. The molecule has 0 heterocycles. The predicted molar refractivity (Wildman–Crippen MR) is 212 cm³/mol. The van der Waals surface area contributed by atoms with Crippen LogP contribution in [-0.2, 0) is 9.53 Å². The molecule has 0 N–H and O–H groups in total. The molecular formula is C47H80O2. The second-order valence-corrected chi connectivity index (χ2v) is 18.3. The molecule has 8 atom stereocenters. The number of ether oxygens (including phenoxy) is 1. The van der Waals surface area contributed by atoms with Crippen LogP contribution in [0.25, 0.3) is 0 Å². The summed E-state index contributed by atoms with van der Waals surface area (Å²) in [6, 6.07) is 0. The maximum atomic E-state index is 12.8. The lowest BCUT2D eigenvalue weighted by Crippen LogP contribution is -2.51. The van der Waals surface area contributed by atoms with Crippen LogP contribution in [0.3, 0.4) is 0 Å². The summed E-state index contributed by atoms with van der Waals surface area (Å²) in [6.45, 7) is 14.9. The highest BCUT2D eigenvalue weighted by atomic mass is 16.5. The zero-order chi connectivity index (χ0) is 35.1. The molecule has 0 aromatic rings. The molecule has 280 valence electrons. The maximum absolute atomic E-state index is 12.8. The molecule has 0 aliphatic heterocycles. The normalized spacial score (nSPS) is 31.9. The molecule has 3 saturated carbocycles. The van der Waals surface area contributed by atoms with E-state index in [0.717, 1.165) is 67.6 Å². The molecule has 0 spiro atoms. The Labute approximate surface area is 305 Å². The molecule has 0 aromatic heterocycles. The first-order valence-corrected chi connectivity index (χ1v) is 21.9. The molecule has 4 aliphatic rings. The van der Waals surface area contributed by atoms with Gasteiger partial charge in [0.05, 0.1) is 0 Å². The Kier molecular flexibility index (Phi) is 17.1. The Bertz CT molecular complexity index is 1050. The Balaban J connectivity index is 1.09. The smallest absolute Gasteiger partial charge is 0.306 e. The summed E-state index contributed by atoms with van der Waals surface area (Å²) in [5.41, 5.74) is 2.52. The minimum absolute atomic E-state index is 0.0541. The average molecular weight is 677 g/mol. The van der Waals surface area contributed by atoms with Gasteiger partial charge >= 0.3 is 5.97 Å². The fourth-order valence-electron chi connectivity index (χ4n) is 11.4. The number of hydrogen-bond donors (Lipinski definition) is 0. The van der Waals surface area contributed by atoms with E-state index in [4.69, 9.17) is 4.74 Å². The number of rotatable bonds is 22. The van der Waals surface area contributed by atoms with E-state index in [1.54, 1.807) is 5.57 Å². The van der Waals surface area contributed by atoms with Gasteiger partial charge in [-0.25, -0.2) is 0 Å². The molecule has 2 nitrogen and oxygen atoms in total. The Hall–Kier alpha value is -1.31. The minimum atomic E-state index is 0.0541. The number of hydrogen-bond acceptors (Lipinski definition) is 2. The van der Waals surface area contributed by atoms with Gasteiger partial charge in [0, 0.05) is 12.8 Å². The second-order valence-electron chi connectivity index (χ2n) is 18.3. The van der Waals surface area contributed by atoms with E-state index in [9.17, 15) is 4.79 Å². The SMILES string of the molecule is CCCCCC=CCC=CCCCCCCCCCC(=O)OC1CCC2(C)C(=CCC3C2CCC2(C)C(C(C)CCCC(C)C)CCC32)C1. The van der Waals surface area contributed by atoms with Crippen molar-refractivity contribution in [3.63, 3.8) is 0 Å². The lowest BCUT2D eigenvalue weighted by Gasteiger charge is -2.58. The van der Waals surface area contributed by atoms with Crippen LogP contribution in [0.5, 0.6) is 0 Å². The van der Waals surface area contributed by atoms with Crippen LogP contribution >= 0.6 is 0 Å². The third-order valence-electron chi connectivity index (χ3n) is 14.4. The van der Waals surface area contributed by atoms with Gasteiger partial charge in [-0.1, -0.05) is 142 Å². The standard InChI is InChI=1S/C47H80O2/c1-7-8-9-10-11-12-13-14-15-16-17-18-19-20-21-22-23-27-45(48)49-40-32-34-46(5)39(36-40)28-29-41-43-31-30-42(38(4)26-24-25-37(2)3)47(43,6)35-33-44(41)46/h11-12,14-15,28,37-38,40-44H,7-10,13,16-27,29-36H2,1-6H3. The van der Waals surface area contributed by atoms with Crippen molar-refractivity contribution in [2.24, 2.45) is 46.3 Å². The molecule has 0 saturated heterocycles. The van der Waals surface area contributed by atoms with Gasteiger partial charge < -0.3 is 4.74 Å². The first kappa shape index (κ1) is 40.5. The van der Waals surface area contributed by atoms with Crippen molar-refractivity contribution < 1.29 is 9.53 Å². The highest BCUT2D eigenvalue weighted by Crippen LogP contribution is 2.67. The van der Waals surface area contributed by atoms with Crippen LogP contribution in [-0.4, -0.2) is 12.1 Å². The number of esters is 1. The third kappa shape index (κ3) is 11.6. The fraction of sp³-hybridized carbons (Fsp3) is 0.851. The lowest BCUT2D eigenvalue weighted by molar-refractivity contribution is -0.151. The summed E-state index contributed by atoms with van der Waals surface area (Å²) in [5, 5.41) is 0. The monoisotopic (exact) mass is 677 g/mol. The van der Waals surface area contributed by atoms with E-state index in [1.165, 1.54) is 122 Å². The molecule has 0 bridgehead atoms. The van der Waals surface area contributed by atoms with E-state index < -0.39 is 0 Å². The van der Waals surface area contributed by atoms with E-state index in [2.05, 4.69) is 71.9 Å². The zero-order valence-electron chi connectivity index (χ0n) is 33.4. The number of carbonyl (C=O) groups is 1. The van der Waals surface area contributed by atoms with Crippen LogP contribution in [0.15, 0.2) is 36.0 Å². The molecule has 49 heavy (non-hydrogen) atoms. The van der Waals surface area contributed by atoms with Crippen LogP contribution in [0, 0.1) is 46.3 Å². The summed E-state index contributed by atoms with van der Waals surface area (Å²) in [5.74, 6) is 5.31. The first-order valence-electron chi connectivity index (χ1n) is 21.9. The molecule has 0 aromatic carbocycles. The molecule has 4 rings (SSSR count). The maximum Gasteiger partial charge on any atom is 0.306 e. The van der Waals surface area contributed by atoms with Crippen LogP contribution in [0.4, 0.5) is 0 Å². The van der Waals surface area contributed by atoms with Crippen LogP contribution in [0.2, 0.25) is 0 Å². The lowest BCUT2D eigenvalue weighted by atomic mass is 9.47. The first-order chi connectivity index (χ1) is 23.7. The zero-order valence-corrected chi connectivity index (χ0v) is 33.4. The summed E-state index contributed by atoms with van der Waals surface area (Å²) in [4.78, 5) is 12.8. The van der Waals surface area contributed by atoms with Gasteiger partial charge in [0.15, 0.2) is 0 Å². The predicted octanol–water partition coefficient (Wildman–Crippen LogP) is 14.5. The summed E-state index contributed by atoms with van der Waals surface area (Å²) < 4.78 is 6.13. The average Bonchev–Trinajstić information content (AvgIpc) is 3.43. The van der Waals surface area contributed by atoms with Gasteiger partial charge in [0.25, 0.3) is 0 Å². The summed E-state index contributed by atoms with van der Waals surface area (Å²) in [6.07, 6.45) is 43.5. The van der Waals surface area contributed by atoms with E-state index in [0.29, 0.717) is 17.3 Å². The quantitative estimate of drug-likeness (QED) is 0.0648. The second kappa shape index (κ2) is 20.7. The van der Waals surface area contributed by atoms with Gasteiger partial charge in [-0.15, -0.1) is 0 Å². The molecule has 4 aliphatic carbocycles. The van der Waals surface area contributed by atoms with E-state index in [1.807, 2.05) is 0 Å². The molecule has 3 fully saturated rings. The van der Waals surface area contributed by atoms with Gasteiger partial charge in [-0.05, 0) is 130 Å². The van der Waals surface area contributed by atoms with Crippen molar-refractivity contribution in [1.82, 2.24) is 0 Å². The molecular weight excluding hydrogens is 597 g/mol. The number of unbranched alkanes of at least 4 members (excludes halogenated alkanes) is 10. The Morgan fingerprint density at radius 3 is 2.20 bits per heavy atom. The van der Waals surface area contributed by atoms with Gasteiger partial charge in [0.1, 0.15) is 6.10 Å². The molecule has 2 heteroatoms. The van der Waals surface area contributed by atoms with E-state index in [-0.39, 0.29) is 12.1 Å². The van der Waals surface area contributed by atoms with Crippen molar-refractivity contribution in [1.29, 1.82) is 0 Å². The highest BCUT2D eigenvalue weighted by Gasteiger charge is 2.59. The van der Waals surface area contributed by atoms with Crippen molar-refractivity contribution in [3.05, 3.63) is 36.0 Å². The molecule has 0 radical (unpaired) electrons. The fourth-order valence-corrected chi connectivity index (χ4v) is 11.4. The van der Waals surface area contributed by atoms with Crippen LogP contribution in [0.1, 0.15) is 202 Å². The topological polar surface area (TPSA) is 26.3 Å². The summed E-state index contributed by atoms with van der Waals surface area (Å²) >= 11 is 0. The van der Waals surface area contributed by atoms with E-state index >= 15 is 0 Å². The van der Waals surface area contributed by atoms with Crippen molar-refractivity contribution in [3.8, 4) is 0 Å². The van der Waals surface area contributed by atoms with Gasteiger partial charge in [-0.3, -0.25) is 4.79 Å². The number of carbonyl (C=O) groups excluding carboxylic acids is 1. The molecule has 0 amide bonds. The summed E-state index contributed by atoms with van der Waals surface area (Å²) in [7, 11) is 0. The Morgan fingerprint density at radius 1 is 0.796 bits per heavy atom. The minimum Gasteiger partial charge on any atom is -0.462 e. The van der Waals surface area contributed by atoms with Crippen LogP contribution < -0.4 is 0 Å². The highest BCUT2D eigenvalue weighted by molar-refractivity contribution is 5.69. The van der Waals surface area contributed by atoms with Gasteiger partial charge in [0.2, 0.25) is 0 Å². The molecule has 8 unspecified atom stereocenters. The van der Waals surface area contributed by atoms with Crippen molar-refractivity contribution >= 4 is 5.97 Å². The third-order valence-corrected chi connectivity index (χ3v) is 14.4.